The lowest BCUT2D eigenvalue weighted by Gasteiger charge is -2.17. The molecule has 1 aliphatic rings. The number of phenols is 1. The Hall–Kier alpha value is -2.04. The fourth-order valence-corrected chi connectivity index (χ4v) is 3.26. The fourth-order valence-electron chi connectivity index (χ4n) is 3.26. The van der Waals surface area contributed by atoms with Gasteiger partial charge in [-0.25, -0.2) is 0 Å². The molecular formula is C20H24O4. The predicted molar refractivity (Wildman–Crippen MR) is 93.6 cm³/mol. The first kappa shape index (κ1) is 16.8. The van der Waals surface area contributed by atoms with Crippen LogP contribution in [0.25, 0.3) is 11.1 Å². The molecule has 2 aromatic carbocycles. The SMILES string of the molecule is COCc1cc(-c2c(C)cc(OC3CCOC3)cc2C)ccc1O. The monoisotopic (exact) mass is 328 g/mol. The molecule has 4 heteroatoms. The van der Waals surface area contributed by atoms with E-state index in [-0.39, 0.29) is 11.9 Å². The van der Waals surface area contributed by atoms with Crippen LogP contribution in [0.5, 0.6) is 11.5 Å². The van der Waals surface area contributed by atoms with E-state index in [0.29, 0.717) is 13.2 Å². The van der Waals surface area contributed by atoms with Gasteiger partial charge in [0, 0.05) is 19.1 Å². The minimum atomic E-state index is 0.150. The van der Waals surface area contributed by atoms with Gasteiger partial charge in [-0.15, -0.1) is 0 Å². The van der Waals surface area contributed by atoms with E-state index in [1.807, 2.05) is 12.1 Å². The lowest BCUT2D eigenvalue weighted by atomic mass is 9.94. The lowest BCUT2D eigenvalue weighted by Crippen LogP contribution is -2.15. The molecule has 1 fully saturated rings. The quantitative estimate of drug-likeness (QED) is 0.901. The highest BCUT2D eigenvalue weighted by atomic mass is 16.5. The van der Waals surface area contributed by atoms with E-state index in [1.54, 1.807) is 13.2 Å². The molecular weight excluding hydrogens is 304 g/mol. The van der Waals surface area contributed by atoms with Crippen LogP contribution in [0.4, 0.5) is 0 Å². The van der Waals surface area contributed by atoms with Crippen molar-refractivity contribution in [3.8, 4) is 22.6 Å². The van der Waals surface area contributed by atoms with Gasteiger partial charge in [0.05, 0.1) is 19.8 Å². The zero-order chi connectivity index (χ0) is 17.1. The van der Waals surface area contributed by atoms with Crippen LogP contribution < -0.4 is 4.74 Å². The summed E-state index contributed by atoms with van der Waals surface area (Å²) in [6.45, 7) is 6.00. The van der Waals surface area contributed by atoms with Gasteiger partial charge in [-0.3, -0.25) is 0 Å². The summed E-state index contributed by atoms with van der Waals surface area (Å²) in [5.41, 5.74) is 5.33. The van der Waals surface area contributed by atoms with E-state index in [0.717, 1.165) is 41.0 Å². The molecule has 4 nitrogen and oxygen atoms in total. The minimum Gasteiger partial charge on any atom is -0.508 e. The van der Waals surface area contributed by atoms with Gasteiger partial charge in [-0.2, -0.15) is 0 Å². The van der Waals surface area contributed by atoms with Crippen molar-refractivity contribution in [2.24, 2.45) is 0 Å². The fraction of sp³-hybridized carbons (Fsp3) is 0.400. The van der Waals surface area contributed by atoms with Gasteiger partial charge >= 0.3 is 0 Å². The molecule has 3 rings (SSSR count). The maximum atomic E-state index is 9.94. The Morgan fingerprint density at radius 1 is 1.17 bits per heavy atom. The van der Waals surface area contributed by atoms with Gasteiger partial charge in [-0.05, 0) is 60.4 Å². The predicted octanol–water partition coefficient (Wildman–Crippen LogP) is 3.99. The van der Waals surface area contributed by atoms with Gasteiger partial charge in [0.25, 0.3) is 0 Å². The number of benzene rings is 2. The van der Waals surface area contributed by atoms with E-state index >= 15 is 0 Å². The second kappa shape index (κ2) is 7.24. The number of phenolic OH excluding ortho intramolecular Hbond substituents is 1. The molecule has 0 saturated carbocycles. The Bertz CT molecular complexity index is 695. The average molecular weight is 328 g/mol. The average Bonchev–Trinajstić information content (AvgIpc) is 3.03. The van der Waals surface area contributed by atoms with Crippen LogP contribution in [-0.2, 0) is 16.1 Å². The molecule has 0 bridgehead atoms. The summed E-state index contributed by atoms with van der Waals surface area (Å²) >= 11 is 0. The summed E-state index contributed by atoms with van der Waals surface area (Å²) in [6, 6.07) is 9.80. The summed E-state index contributed by atoms with van der Waals surface area (Å²) < 4.78 is 16.6. The molecule has 1 aliphatic heterocycles. The second-order valence-electron chi connectivity index (χ2n) is 6.31. The van der Waals surface area contributed by atoms with Crippen molar-refractivity contribution in [1.82, 2.24) is 0 Å². The van der Waals surface area contributed by atoms with Crippen molar-refractivity contribution in [3.63, 3.8) is 0 Å². The van der Waals surface area contributed by atoms with Crippen molar-refractivity contribution in [1.29, 1.82) is 0 Å². The summed E-state index contributed by atoms with van der Waals surface area (Å²) in [5, 5.41) is 9.94. The molecule has 0 aromatic heterocycles. The van der Waals surface area contributed by atoms with Crippen LogP contribution in [0.3, 0.4) is 0 Å². The van der Waals surface area contributed by atoms with Crippen molar-refractivity contribution in [2.75, 3.05) is 20.3 Å². The molecule has 1 atom stereocenters. The first-order chi connectivity index (χ1) is 11.6. The molecule has 0 radical (unpaired) electrons. The van der Waals surface area contributed by atoms with Crippen molar-refractivity contribution in [2.45, 2.75) is 33.0 Å². The number of aryl methyl sites for hydroxylation is 2. The van der Waals surface area contributed by atoms with E-state index in [1.165, 1.54) is 5.56 Å². The van der Waals surface area contributed by atoms with Crippen LogP contribution in [-0.4, -0.2) is 31.5 Å². The minimum absolute atomic E-state index is 0.150. The van der Waals surface area contributed by atoms with Gasteiger partial charge < -0.3 is 19.3 Å². The highest BCUT2D eigenvalue weighted by molar-refractivity contribution is 5.73. The standard InChI is InChI=1S/C20H24O4/c1-13-8-18(24-17-6-7-23-12-17)9-14(2)20(13)15-4-5-19(21)16(10-15)11-22-3/h4-5,8-10,17,21H,6-7,11-12H2,1-3H3. The summed E-state index contributed by atoms with van der Waals surface area (Å²) in [4.78, 5) is 0. The topological polar surface area (TPSA) is 47.9 Å². The number of hydrogen-bond donors (Lipinski definition) is 1. The summed E-state index contributed by atoms with van der Waals surface area (Å²) in [6.07, 6.45) is 1.09. The van der Waals surface area contributed by atoms with Crippen molar-refractivity contribution >= 4 is 0 Å². The van der Waals surface area contributed by atoms with Crippen molar-refractivity contribution < 1.29 is 19.3 Å². The third-order valence-electron chi connectivity index (χ3n) is 4.36. The summed E-state index contributed by atoms with van der Waals surface area (Å²) in [7, 11) is 1.63. The molecule has 0 amide bonds. The van der Waals surface area contributed by atoms with Crippen LogP contribution in [0.1, 0.15) is 23.1 Å². The number of methoxy groups -OCH3 is 1. The van der Waals surface area contributed by atoms with E-state index in [2.05, 4.69) is 26.0 Å². The molecule has 24 heavy (non-hydrogen) atoms. The smallest absolute Gasteiger partial charge is 0.124 e. The van der Waals surface area contributed by atoms with E-state index < -0.39 is 0 Å². The second-order valence-corrected chi connectivity index (χ2v) is 6.31. The van der Waals surface area contributed by atoms with Gasteiger partial charge in [0.2, 0.25) is 0 Å². The zero-order valence-electron chi connectivity index (χ0n) is 14.5. The first-order valence-electron chi connectivity index (χ1n) is 8.25. The Balaban J connectivity index is 1.92. The van der Waals surface area contributed by atoms with Crippen molar-refractivity contribution in [3.05, 3.63) is 47.0 Å². The van der Waals surface area contributed by atoms with Gasteiger partial charge in [-0.1, -0.05) is 6.07 Å². The summed E-state index contributed by atoms with van der Waals surface area (Å²) in [5.74, 6) is 1.15. The Labute approximate surface area is 143 Å². The normalized spacial score (nSPS) is 17.2. The lowest BCUT2D eigenvalue weighted by molar-refractivity contribution is 0.141. The molecule has 0 spiro atoms. The molecule has 1 saturated heterocycles. The molecule has 1 heterocycles. The molecule has 1 unspecified atom stereocenters. The van der Waals surface area contributed by atoms with Crippen LogP contribution >= 0.6 is 0 Å². The highest BCUT2D eigenvalue weighted by Crippen LogP contribution is 2.34. The van der Waals surface area contributed by atoms with Crippen LogP contribution in [0.2, 0.25) is 0 Å². The third-order valence-corrected chi connectivity index (χ3v) is 4.36. The van der Waals surface area contributed by atoms with Crippen LogP contribution in [0, 0.1) is 13.8 Å². The molecule has 2 aromatic rings. The number of ether oxygens (including phenoxy) is 3. The number of rotatable bonds is 5. The van der Waals surface area contributed by atoms with Crippen LogP contribution in [0.15, 0.2) is 30.3 Å². The first-order valence-corrected chi connectivity index (χ1v) is 8.25. The molecule has 1 N–H and O–H groups in total. The number of aromatic hydroxyl groups is 1. The molecule has 0 aliphatic carbocycles. The zero-order valence-corrected chi connectivity index (χ0v) is 14.5. The van der Waals surface area contributed by atoms with E-state index in [9.17, 15) is 5.11 Å². The maximum Gasteiger partial charge on any atom is 0.124 e. The Morgan fingerprint density at radius 3 is 2.54 bits per heavy atom. The largest absolute Gasteiger partial charge is 0.508 e. The Morgan fingerprint density at radius 2 is 1.92 bits per heavy atom. The maximum absolute atomic E-state index is 9.94. The van der Waals surface area contributed by atoms with Gasteiger partial charge in [0.15, 0.2) is 0 Å². The number of hydrogen-bond acceptors (Lipinski definition) is 4. The highest BCUT2D eigenvalue weighted by Gasteiger charge is 2.18. The Kier molecular flexibility index (Phi) is 5.07. The molecule has 128 valence electrons. The van der Waals surface area contributed by atoms with E-state index in [4.69, 9.17) is 14.2 Å². The van der Waals surface area contributed by atoms with Gasteiger partial charge in [0.1, 0.15) is 17.6 Å². The third kappa shape index (κ3) is 3.55.